The van der Waals surface area contributed by atoms with E-state index in [1.807, 2.05) is 0 Å². The van der Waals surface area contributed by atoms with E-state index in [-0.39, 0.29) is 18.4 Å². The Balaban J connectivity index is 2.44. The molecule has 6 nitrogen and oxygen atoms in total. The topological polar surface area (TPSA) is 77.0 Å². The predicted octanol–water partition coefficient (Wildman–Crippen LogP) is -0.489. The van der Waals surface area contributed by atoms with E-state index in [0.29, 0.717) is 11.6 Å². The molecule has 12 heavy (non-hydrogen) atoms. The molecule has 0 spiro atoms. The lowest BCUT2D eigenvalue weighted by atomic mass is 10.5. The zero-order valence-corrected chi connectivity index (χ0v) is 6.37. The Labute approximate surface area is 68.0 Å². The van der Waals surface area contributed by atoms with Gasteiger partial charge in [-0.3, -0.25) is 4.79 Å². The second-order valence-electron chi connectivity index (χ2n) is 2.35. The van der Waals surface area contributed by atoms with Crippen molar-refractivity contribution < 1.29 is 9.53 Å². The number of aryl methyl sites for hydroxylation is 1. The molecule has 1 N–H and O–H groups in total. The van der Waals surface area contributed by atoms with Gasteiger partial charge in [0.1, 0.15) is 0 Å². The van der Waals surface area contributed by atoms with E-state index in [1.165, 1.54) is 0 Å². The fourth-order valence-corrected chi connectivity index (χ4v) is 0.878. The Hall–Kier alpha value is -1.72. The number of nitrogens with zero attached hydrogens (tertiary/aromatic N) is 3. The van der Waals surface area contributed by atoms with Gasteiger partial charge in [0, 0.05) is 0 Å². The summed E-state index contributed by atoms with van der Waals surface area (Å²) in [4.78, 5) is 14.7. The van der Waals surface area contributed by atoms with E-state index in [9.17, 15) is 4.79 Å². The van der Waals surface area contributed by atoms with Crippen LogP contribution in [0.2, 0.25) is 0 Å². The minimum absolute atomic E-state index is 0.0214. The van der Waals surface area contributed by atoms with Crippen LogP contribution in [0.15, 0.2) is 0 Å². The molecule has 0 unspecified atom stereocenters. The van der Waals surface area contributed by atoms with Crippen molar-refractivity contribution >= 4 is 11.7 Å². The van der Waals surface area contributed by atoms with Crippen molar-refractivity contribution in [2.24, 2.45) is 0 Å². The number of carbonyl (C=O) groups is 1. The van der Waals surface area contributed by atoms with Crippen molar-refractivity contribution in [1.82, 2.24) is 15.2 Å². The summed E-state index contributed by atoms with van der Waals surface area (Å²) in [6.45, 7) is 1.67. The maximum absolute atomic E-state index is 10.8. The quantitative estimate of drug-likeness (QED) is 0.562. The average Bonchev–Trinajstić information content (AvgIpc) is 2.03. The molecule has 2 rings (SSSR count). The summed E-state index contributed by atoms with van der Waals surface area (Å²) >= 11 is 0. The zero-order chi connectivity index (χ0) is 8.55. The Morgan fingerprint density at radius 3 is 3.17 bits per heavy atom. The number of ether oxygens (including phenoxy) is 1. The van der Waals surface area contributed by atoms with Crippen LogP contribution in [0.3, 0.4) is 0 Å². The van der Waals surface area contributed by atoms with Crippen molar-refractivity contribution in [2.45, 2.75) is 6.92 Å². The highest BCUT2D eigenvalue weighted by molar-refractivity contribution is 5.93. The molecule has 62 valence electrons. The van der Waals surface area contributed by atoms with Crippen LogP contribution >= 0.6 is 0 Å². The van der Waals surface area contributed by atoms with Crippen molar-refractivity contribution in [3.05, 3.63) is 5.82 Å². The van der Waals surface area contributed by atoms with Crippen LogP contribution in [0.5, 0.6) is 5.88 Å². The number of rotatable bonds is 0. The van der Waals surface area contributed by atoms with Gasteiger partial charge in [-0.25, -0.2) is 4.98 Å². The highest BCUT2D eigenvalue weighted by Crippen LogP contribution is 2.20. The van der Waals surface area contributed by atoms with Gasteiger partial charge in [-0.2, -0.15) is 0 Å². The number of fused-ring (bicyclic) bond motifs is 1. The second kappa shape index (κ2) is 2.40. The van der Waals surface area contributed by atoms with Gasteiger partial charge in [-0.15, -0.1) is 10.2 Å². The van der Waals surface area contributed by atoms with Gasteiger partial charge >= 0.3 is 0 Å². The zero-order valence-electron chi connectivity index (χ0n) is 6.37. The molecule has 1 aliphatic rings. The summed E-state index contributed by atoms with van der Waals surface area (Å²) < 4.78 is 4.94. The lowest BCUT2D eigenvalue weighted by Gasteiger charge is -2.14. The summed E-state index contributed by atoms with van der Waals surface area (Å²) in [5, 5.41) is 9.91. The van der Waals surface area contributed by atoms with Gasteiger partial charge < -0.3 is 10.1 Å². The first kappa shape index (κ1) is 6.96. The molecule has 0 saturated heterocycles. The molecule has 1 aromatic heterocycles. The first-order valence-electron chi connectivity index (χ1n) is 3.39. The maximum atomic E-state index is 10.8. The third-order valence-electron chi connectivity index (χ3n) is 1.36. The molecular weight excluding hydrogens is 160 g/mol. The van der Waals surface area contributed by atoms with E-state index in [4.69, 9.17) is 4.74 Å². The highest BCUT2D eigenvalue weighted by Gasteiger charge is 2.18. The summed E-state index contributed by atoms with van der Waals surface area (Å²) in [7, 11) is 0. The van der Waals surface area contributed by atoms with E-state index in [0.717, 1.165) is 0 Å². The highest BCUT2D eigenvalue weighted by atomic mass is 16.5. The third-order valence-corrected chi connectivity index (χ3v) is 1.36. The minimum Gasteiger partial charge on any atom is -0.464 e. The Kier molecular flexibility index (Phi) is 1.39. The number of carbonyl (C=O) groups excluding carboxylic acids is 1. The van der Waals surface area contributed by atoms with Crippen LogP contribution in [0.25, 0.3) is 0 Å². The van der Waals surface area contributed by atoms with Gasteiger partial charge in [0.25, 0.3) is 11.8 Å². The molecule has 0 bridgehead atoms. The molecule has 2 heterocycles. The Bertz CT molecular complexity index is 338. The van der Waals surface area contributed by atoms with Crippen LogP contribution in [-0.2, 0) is 4.79 Å². The van der Waals surface area contributed by atoms with Gasteiger partial charge in [-0.1, -0.05) is 0 Å². The maximum Gasteiger partial charge on any atom is 0.277 e. The number of amides is 1. The third kappa shape index (κ3) is 1.07. The molecular formula is C6H6N4O2. The van der Waals surface area contributed by atoms with Crippen molar-refractivity contribution in [2.75, 3.05) is 11.9 Å². The van der Waals surface area contributed by atoms with E-state index in [2.05, 4.69) is 20.5 Å². The van der Waals surface area contributed by atoms with Crippen molar-refractivity contribution in [3.8, 4) is 5.88 Å². The van der Waals surface area contributed by atoms with Crippen LogP contribution in [-0.4, -0.2) is 27.7 Å². The normalized spacial score (nSPS) is 14.6. The first-order valence-corrected chi connectivity index (χ1v) is 3.39. The number of anilines is 1. The van der Waals surface area contributed by atoms with E-state index >= 15 is 0 Å². The summed E-state index contributed by atoms with van der Waals surface area (Å²) in [5.41, 5.74) is 0. The molecule has 6 heteroatoms. The van der Waals surface area contributed by atoms with Crippen molar-refractivity contribution in [3.63, 3.8) is 0 Å². The van der Waals surface area contributed by atoms with Crippen LogP contribution < -0.4 is 10.1 Å². The summed E-state index contributed by atoms with van der Waals surface area (Å²) in [6.07, 6.45) is 0. The summed E-state index contributed by atoms with van der Waals surface area (Å²) in [5.74, 6) is 0.904. The van der Waals surface area contributed by atoms with Gasteiger partial charge in [0.05, 0.1) is 0 Å². The average molecular weight is 166 g/mol. The largest absolute Gasteiger partial charge is 0.464 e. The second-order valence-corrected chi connectivity index (χ2v) is 2.35. The molecule has 0 aliphatic carbocycles. The van der Waals surface area contributed by atoms with Gasteiger partial charge in [-0.05, 0) is 6.92 Å². The molecule has 0 aromatic carbocycles. The van der Waals surface area contributed by atoms with Gasteiger partial charge in [0.15, 0.2) is 18.2 Å². The number of aromatic nitrogens is 3. The monoisotopic (exact) mass is 166 g/mol. The molecule has 0 atom stereocenters. The fraction of sp³-hybridized carbons (Fsp3) is 0.333. The lowest BCUT2D eigenvalue weighted by Crippen LogP contribution is -2.27. The van der Waals surface area contributed by atoms with Crippen LogP contribution in [0, 0.1) is 6.92 Å². The minimum atomic E-state index is -0.220. The number of hydrogen-bond donors (Lipinski definition) is 1. The van der Waals surface area contributed by atoms with Gasteiger partial charge in [0.2, 0.25) is 0 Å². The van der Waals surface area contributed by atoms with E-state index < -0.39 is 0 Å². The standard InChI is InChI=1S/C6H6N4O2/c1-3-7-5-6(10-9-3)12-2-4(11)8-5/h2H2,1H3,(H,7,8,9,11). The Morgan fingerprint density at radius 2 is 2.33 bits per heavy atom. The van der Waals surface area contributed by atoms with E-state index in [1.54, 1.807) is 6.92 Å². The SMILES string of the molecule is Cc1nnc2c(n1)NC(=O)CO2. The van der Waals surface area contributed by atoms with Crippen molar-refractivity contribution in [1.29, 1.82) is 0 Å². The molecule has 1 amide bonds. The molecule has 0 fully saturated rings. The molecule has 1 aromatic rings. The molecule has 0 radical (unpaired) electrons. The number of hydrogen-bond acceptors (Lipinski definition) is 5. The fourth-order valence-electron chi connectivity index (χ4n) is 0.878. The van der Waals surface area contributed by atoms with Crippen LogP contribution in [0.1, 0.15) is 5.82 Å². The smallest absolute Gasteiger partial charge is 0.277 e. The molecule has 1 aliphatic heterocycles. The number of nitrogens with one attached hydrogen (secondary N) is 1. The Morgan fingerprint density at radius 1 is 1.50 bits per heavy atom. The summed E-state index contributed by atoms with van der Waals surface area (Å²) in [6, 6.07) is 0. The molecule has 0 saturated carbocycles. The first-order chi connectivity index (χ1) is 5.75. The predicted molar refractivity (Wildman–Crippen MR) is 38.7 cm³/mol. The van der Waals surface area contributed by atoms with Crippen LogP contribution in [0.4, 0.5) is 5.82 Å². The lowest BCUT2D eigenvalue weighted by molar-refractivity contribution is -0.118.